The van der Waals surface area contributed by atoms with Crippen LogP contribution in [0.3, 0.4) is 0 Å². The van der Waals surface area contributed by atoms with Gasteiger partial charge < -0.3 is 14.4 Å². The Morgan fingerprint density at radius 2 is 1.76 bits per heavy atom. The van der Waals surface area contributed by atoms with E-state index < -0.39 is 0 Å². The molecule has 0 N–H and O–H groups in total. The maximum atomic E-state index is 12.1. The fourth-order valence-electron chi connectivity index (χ4n) is 4.28. The molecule has 0 saturated heterocycles. The van der Waals surface area contributed by atoms with Gasteiger partial charge in [-0.25, -0.2) is 4.79 Å². The summed E-state index contributed by atoms with van der Waals surface area (Å²) in [7, 11) is 1.63. The van der Waals surface area contributed by atoms with Crippen LogP contribution in [0.25, 0.3) is 11.3 Å². The monoisotopic (exact) mass is 653 g/mol. The number of benzene rings is 1. The van der Waals surface area contributed by atoms with E-state index >= 15 is 0 Å². The number of anilines is 1. The Hall–Kier alpha value is -2.17. The first-order valence-corrected chi connectivity index (χ1v) is 16.9. The molecule has 0 aliphatic rings. The van der Waals surface area contributed by atoms with Crippen LogP contribution in [0.5, 0.6) is 5.75 Å². The second-order valence-electron chi connectivity index (χ2n) is 9.74. The second kappa shape index (κ2) is 19.9. The number of aryl methyl sites for hydroxylation is 2. The lowest BCUT2D eigenvalue weighted by Gasteiger charge is -2.29. The summed E-state index contributed by atoms with van der Waals surface area (Å²) in [5.74, 6) is 1.01. The van der Waals surface area contributed by atoms with E-state index in [1.54, 1.807) is 23.3 Å². The van der Waals surface area contributed by atoms with E-state index in [2.05, 4.69) is 22.5 Å². The zero-order chi connectivity index (χ0) is 30.9. The fourth-order valence-corrected chi connectivity index (χ4v) is 6.05. The molecule has 0 unspecified atom stereocenters. The van der Waals surface area contributed by atoms with Crippen LogP contribution in [-0.2, 0) is 9.53 Å². The number of hydrogen-bond donors (Lipinski definition) is 0. The van der Waals surface area contributed by atoms with E-state index in [1.807, 2.05) is 51.1 Å². The number of thioether (sulfide) groups is 1. The van der Waals surface area contributed by atoms with E-state index in [-0.39, 0.29) is 28.3 Å². The van der Waals surface area contributed by atoms with Gasteiger partial charge in [-0.15, -0.1) is 33.1 Å². The first-order chi connectivity index (χ1) is 20.2. The van der Waals surface area contributed by atoms with Crippen LogP contribution in [0.4, 0.5) is 10.5 Å². The van der Waals surface area contributed by atoms with E-state index in [1.165, 1.54) is 43.5 Å². The maximum Gasteiger partial charge on any atom is 0.372 e. The molecule has 42 heavy (non-hydrogen) atoms. The molecule has 230 valence electrons. The molecule has 3 aromatic rings. The summed E-state index contributed by atoms with van der Waals surface area (Å²) in [5.41, 5.74) is 3.42. The highest BCUT2D eigenvalue weighted by atomic mass is 35.5. The van der Waals surface area contributed by atoms with Crippen molar-refractivity contribution in [3.05, 3.63) is 57.4 Å². The Labute approximate surface area is 268 Å². The highest BCUT2D eigenvalue weighted by Crippen LogP contribution is 2.32. The Kier molecular flexibility index (Phi) is 17.1. The summed E-state index contributed by atoms with van der Waals surface area (Å²) in [6.07, 6.45) is 7.20. The number of methoxy groups -OCH3 is 1. The average Bonchev–Trinajstić information content (AvgIpc) is 3.30. The van der Waals surface area contributed by atoms with E-state index in [9.17, 15) is 9.59 Å². The van der Waals surface area contributed by atoms with Gasteiger partial charge in [0.1, 0.15) is 11.6 Å². The maximum absolute atomic E-state index is 12.1. The van der Waals surface area contributed by atoms with Gasteiger partial charge in [0.15, 0.2) is 10.9 Å². The van der Waals surface area contributed by atoms with Crippen LogP contribution >= 0.6 is 46.3 Å². The van der Waals surface area contributed by atoms with Crippen molar-refractivity contribution in [2.24, 2.45) is 0 Å². The first-order valence-electron chi connectivity index (χ1n) is 14.1. The molecule has 3 rings (SSSR count). The van der Waals surface area contributed by atoms with E-state index in [4.69, 9.17) is 32.7 Å². The largest absolute Gasteiger partial charge is 0.416 e. The molecule has 7 nitrogen and oxygen atoms in total. The van der Waals surface area contributed by atoms with Crippen molar-refractivity contribution < 1.29 is 19.1 Å². The molecule has 1 amide bonds. The van der Waals surface area contributed by atoms with E-state index in [0.29, 0.717) is 18.1 Å². The standard InChI is InChI=1S/C19H23ClN2O2S.C12H18ClNO2S/c1-2-3-4-5-6-10-13-25-19(23)24-16-14-17(20)21-22-18(16)15-11-8-7-9-12-15;1-8-7-17-10(3)12(8)14(11(15)5-13)9(2)6-16-4/h7-9,11-12,14H,2-6,10,13H2,1H3;7,9H,5-6H2,1-4H3/t;9-/m.0/s1. The van der Waals surface area contributed by atoms with Gasteiger partial charge in [-0.3, -0.25) is 4.79 Å². The number of ether oxygens (including phenoxy) is 2. The van der Waals surface area contributed by atoms with Gasteiger partial charge in [-0.05, 0) is 49.9 Å². The number of alkyl halides is 1. The number of rotatable bonds is 14. The zero-order valence-electron chi connectivity index (χ0n) is 25.0. The number of carbonyl (C=O) groups is 2. The third-order valence-electron chi connectivity index (χ3n) is 6.28. The van der Waals surface area contributed by atoms with Crippen LogP contribution in [0.15, 0.2) is 41.8 Å². The molecule has 2 aromatic heterocycles. The molecule has 1 aromatic carbocycles. The number of unbranched alkanes of at least 4 members (excludes halogenated alkanes) is 5. The lowest BCUT2D eigenvalue weighted by molar-refractivity contribution is -0.116. The van der Waals surface area contributed by atoms with Crippen molar-refractivity contribution in [2.45, 2.75) is 72.3 Å². The van der Waals surface area contributed by atoms with Gasteiger partial charge >= 0.3 is 5.30 Å². The molecule has 11 heteroatoms. The molecule has 2 heterocycles. The van der Waals surface area contributed by atoms with Crippen molar-refractivity contribution in [1.82, 2.24) is 10.2 Å². The van der Waals surface area contributed by atoms with Crippen LogP contribution in [0, 0.1) is 13.8 Å². The Morgan fingerprint density at radius 1 is 1.07 bits per heavy atom. The highest BCUT2D eigenvalue weighted by Gasteiger charge is 2.25. The third-order valence-corrected chi connectivity index (χ3v) is 8.52. The molecule has 1 atom stereocenters. The fraction of sp³-hybridized carbons (Fsp3) is 0.484. The smallest absolute Gasteiger partial charge is 0.372 e. The Bertz CT molecular complexity index is 1220. The summed E-state index contributed by atoms with van der Waals surface area (Å²) in [4.78, 5) is 26.9. The van der Waals surface area contributed by atoms with Crippen molar-refractivity contribution in [1.29, 1.82) is 0 Å². The third kappa shape index (κ3) is 11.8. The number of thiophene rings is 1. The number of amides is 1. The SMILES string of the molecule is CCCCCCCCSC(=O)Oc1cc(Cl)nnc1-c1ccccc1.COC[C@H](C)N(C(=O)CCl)c1c(C)csc1C. The first kappa shape index (κ1) is 36.0. The topological polar surface area (TPSA) is 81.6 Å². The van der Waals surface area contributed by atoms with Gasteiger partial charge in [0.2, 0.25) is 5.91 Å². The normalized spacial score (nSPS) is 11.4. The van der Waals surface area contributed by atoms with Crippen molar-refractivity contribution >= 4 is 63.2 Å². The Balaban J connectivity index is 0.000000317. The van der Waals surface area contributed by atoms with Gasteiger partial charge in [0.25, 0.3) is 0 Å². The molecule has 0 aliphatic heterocycles. The Morgan fingerprint density at radius 3 is 2.38 bits per heavy atom. The predicted octanol–water partition coefficient (Wildman–Crippen LogP) is 9.36. The van der Waals surface area contributed by atoms with Gasteiger partial charge in [0.05, 0.1) is 18.3 Å². The van der Waals surface area contributed by atoms with Gasteiger partial charge in [-0.1, -0.05) is 81.0 Å². The molecule has 0 saturated carbocycles. The van der Waals surface area contributed by atoms with Crippen LogP contribution in [0.1, 0.15) is 62.8 Å². The molecule has 0 aliphatic carbocycles. The van der Waals surface area contributed by atoms with Crippen molar-refractivity contribution in [3.8, 4) is 17.0 Å². The number of hydrogen-bond acceptors (Lipinski definition) is 8. The summed E-state index contributed by atoms with van der Waals surface area (Å²) < 4.78 is 10.6. The number of carbonyl (C=O) groups excluding carboxylic acids is 2. The second-order valence-corrected chi connectivity index (χ2v) is 12.5. The van der Waals surface area contributed by atoms with Crippen LogP contribution in [0.2, 0.25) is 5.15 Å². The average molecular weight is 655 g/mol. The van der Waals surface area contributed by atoms with Gasteiger partial charge in [0, 0.05) is 29.4 Å². The quantitative estimate of drug-likeness (QED) is 0.0973. The molecule has 0 radical (unpaired) electrons. The highest BCUT2D eigenvalue weighted by molar-refractivity contribution is 8.13. The van der Waals surface area contributed by atoms with Crippen molar-refractivity contribution in [3.63, 3.8) is 0 Å². The van der Waals surface area contributed by atoms with Crippen LogP contribution in [-0.4, -0.2) is 52.8 Å². The molecular weight excluding hydrogens is 613 g/mol. The molecule has 0 bridgehead atoms. The molecular formula is C31H41Cl2N3O4S2. The molecule has 0 spiro atoms. The molecule has 0 fully saturated rings. The van der Waals surface area contributed by atoms with Crippen LogP contribution < -0.4 is 9.64 Å². The minimum absolute atomic E-state index is 0.0111. The number of aromatic nitrogens is 2. The summed E-state index contributed by atoms with van der Waals surface area (Å²) in [6, 6.07) is 11.0. The van der Waals surface area contributed by atoms with Gasteiger partial charge in [-0.2, -0.15) is 0 Å². The lowest BCUT2D eigenvalue weighted by atomic mass is 10.1. The minimum Gasteiger partial charge on any atom is -0.416 e. The minimum atomic E-state index is -0.338. The summed E-state index contributed by atoms with van der Waals surface area (Å²) in [5, 5.41) is 9.84. The lowest BCUT2D eigenvalue weighted by Crippen LogP contribution is -2.42. The number of halogens is 2. The summed E-state index contributed by atoms with van der Waals surface area (Å²) >= 11 is 14.4. The predicted molar refractivity (Wildman–Crippen MR) is 178 cm³/mol. The van der Waals surface area contributed by atoms with Crippen molar-refractivity contribution in [2.75, 3.05) is 30.2 Å². The van der Waals surface area contributed by atoms with E-state index in [0.717, 1.165) is 40.3 Å². The summed E-state index contributed by atoms with van der Waals surface area (Å²) in [6.45, 7) is 8.69. The number of nitrogens with zero attached hydrogens (tertiary/aromatic N) is 3. The zero-order valence-corrected chi connectivity index (χ0v) is 28.2.